The number of carbonyl (C=O) groups excluding carboxylic acids is 1. The average molecular weight is 323 g/mol. The van der Waals surface area contributed by atoms with Crippen LogP contribution in [0.4, 0.5) is 0 Å². The molecule has 7 heteroatoms. The lowest BCUT2D eigenvalue weighted by Crippen LogP contribution is -2.24. The molecule has 0 unspecified atom stereocenters. The zero-order valence-electron chi connectivity index (χ0n) is 13.0. The maximum atomic E-state index is 11.4. The van der Waals surface area contributed by atoms with Crippen LogP contribution in [0.3, 0.4) is 0 Å². The molecule has 0 spiro atoms. The first-order valence-corrected chi connectivity index (χ1v) is 9.20. The summed E-state index contributed by atoms with van der Waals surface area (Å²) in [6, 6.07) is 0. The number of unbranched alkanes of at least 4 members (excludes halogenated alkanes) is 7. The van der Waals surface area contributed by atoms with Crippen LogP contribution in [0.25, 0.3) is 0 Å². The van der Waals surface area contributed by atoms with Crippen molar-refractivity contribution in [3.63, 3.8) is 0 Å². The Kier molecular flexibility index (Phi) is 12.6. The van der Waals surface area contributed by atoms with E-state index in [0.29, 0.717) is 6.54 Å². The van der Waals surface area contributed by atoms with Crippen molar-refractivity contribution < 1.29 is 21.9 Å². The van der Waals surface area contributed by atoms with E-state index in [1.165, 1.54) is 38.5 Å². The van der Waals surface area contributed by atoms with Crippen LogP contribution < -0.4 is 5.32 Å². The van der Waals surface area contributed by atoms with Crippen molar-refractivity contribution in [1.82, 2.24) is 5.32 Å². The summed E-state index contributed by atoms with van der Waals surface area (Å²) in [5, 5.41) is 2.79. The topological polar surface area (TPSA) is 92.7 Å². The van der Waals surface area contributed by atoms with E-state index in [1.807, 2.05) is 0 Å². The number of carbonyl (C=O) groups is 1. The molecule has 0 heterocycles. The van der Waals surface area contributed by atoms with Crippen molar-refractivity contribution >= 4 is 16.3 Å². The maximum absolute atomic E-state index is 11.4. The summed E-state index contributed by atoms with van der Waals surface area (Å²) < 4.78 is 33.0. The van der Waals surface area contributed by atoms with Crippen LogP contribution in [0.1, 0.15) is 71.1 Å². The molecule has 0 rings (SSSR count). The summed E-state index contributed by atoms with van der Waals surface area (Å²) in [4.78, 5) is 11.4. The summed E-state index contributed by atoms with van der Waals surface area (Å²) in [6.07, 6.45) is 10.2. The molecular weight excluding hydrogens is 294 g/mol. The van der Waals surface area contributed by atoms with Crippen molar-refractivity contribution in [2.45, 2.75) is 71.1 Å². The van der Waals surface area contributed by atoms with E-state index in [1.54, 1.807) is 0 Å². The molecule has 1 amide bonds. The van der Waals surface area contributed by atoms with Crippen LogP contribution in [0, 0.1) is 0 Å². The van der Waals surface area contributed by atoms with Gasteiger partial charge in [0.1, 0.15) is 0 Å². The quantitative estimate of drug-likeness (QED) is 0.379. The fourth-order valence-electron chi connectivity index (χ4n) is 1.97. The van der Waals surface area contributed by atoms with Crippen LogP contribution in [0.15, 0.2) is 0 Å². The minimum absolute atomic E-state index is 0.114. The SMILES string of the molecule is CCCCCCCCCCNC(=O)CCCOS(=O)(=O)O. The molecule has 0 radical (unpaired) electrons. The van der Waals surface area contributed by atoms with Crippen molar-refractivity contribution in [2.75, 3.05) is 13.2 Å². The lowest BCUT2D eigenvalue weighted by atomic mass is 10.1. The number of hydrogen-bond acceptors (Lipinski definition) is 4. The molecule has 0 aromatic rings. The first kappa shape index (κ1) is 20.3. The van der Waals surface area contributed by atoms with Crippen molar-refractivity contribution in [3.05, 3.63) is 0 Å². The molecule has 0 aromatic heterocycles. The van der Waals surface area contributed by atoms with Crippen LogP contribution in [0.2, 0.25) is 0 Å². The lowest BCUT2D eigenvalue weighted by molar-refractivity contribution is -0.121. The molecule has 0 saturated carbocycles. The average Bonchev–Trinajstić information content (AvgIpc) is 2.41. The van der Waals surface area contributed by atoms with Gasteiger partial charge in [0.05, 0.1) is 6.61 Å². The first-order chi connectivity index (χ1) is 9.95. The van der Waals surface area contributed by atoms with Gasteiger partial charge in [0.15, 0.2) is 0 Å². The van der Waals surface area contributed by atoms with Gasteiger partial charge in [-0.05, 0) is 12.8 Å². The number of nitrogens with one attached hydrogen (secondary N) is 1. The maximum Gasteiger partial charge on any atom is 0.397 e. The van der Waals surface area contributed by atoms with Gasteiger partial charge in [-0.1, -0.05) is 51.9 Å². The summed E-state index contributed by atoms with van der Waals surface area (Å²) in [5.41, 5.74) is 0. The third-order valence-electron chi connectivity index (χ3n) is 3.13. The third kappa shape index (κ3) is 17.3. The Morgan fingerprint density at radius 3 is 2.14 bits per heavy atom. The van der Waals surface area contributed by atoms with E-state index < -0.39 is 10.4 Å². The fraction of sp³-hybridized carbons (Fsp3) is 0.929. The van der Waals surface area contributed by atoms with Crippen LogP contribution in [0.5, 0.6) is 0 Å². The van der Waals surface area contributed by atoms with Gasteiger partial charge in [-0.3, -0.25) is 9.35 Å². The van der Waals surface area contributed by atoms with Gasteiger partial charge in [0.2, 0.25) is 5.91 Å². The van der Waals surface area contributed by atoms with E-state index in [4.69, 9.17) is 4.55 Å². The molecule has 0 bridgehead atoms. The minimum atomic E-state index is -4.39. The van der Waals surface area contributed by atoms with Gasteiger partial charge >= 0.3 is 10.4 Å². The molecular formula is C14H29NO5S. The van der Waals surface area contributed by atoms with E-state index in [0.717, 1.165) is 12.8 Å². The van der Waals surface area contributed by atoms with E-state index >= 15 is 0 Å². The van der Waals surface area contributed by atoms with E-state index in [2.05, 4.69) is 16.4 Å². The highest BCUT2D eigenvalue weighted by molar-refractivity contribution is 7.80. The van der Waals surface area contributed by atoms with Crippen LogP contribution in [-0.4, -0.2) is 32.0 Å². The second-order valence-electron chi connectivity index (χ2n) is 5.18. The standard InChI is InChI=1S/C14H29NO5S/c1-2-3-4-5-6-7-8-9-12-15-14(16)11-10-13-20-21(17,18)19/h2-13H2,1H3,(H,15,16)(H,17,18,19). The molecule has 0 saturated heterocycles. The Hall–Kier alpha value is -0.660. The van der Waals surface area contributed by atoms with Crippen LogP contribution in [-0.2, 0) is 19.4 Å². The molecule has 21 heavy (non-hydrogen) atoms. The first-order valence-electron chi connectivity index (χ1n) is 7.84. The molecule has 0 atom stereocenters. The predicted octanol–water partition coefficient (Wildman–Crippen LogP) is 2.84. The molecule has 0 aliphatic rings. The van der Waals surface area contributed by atoms with Crippen molar-refractivity contribution in [1.29, 1.82) is 0 Å². The Balaban J connectivity index is 3.27. The highest BCUT2D eigenvalue weighted by Crippen LogP contribution is 2.07. The summed E-state index contributed by atoms with van der Waals surface area (Å²) in [7, 11) is -4.39. The van der Waals surface area contributed by atoms with Gasteiger partial charge in [-0.25, -0.2) is 4.18 Å². The Labute approximate surface area is 128 Å². The zero-order chi connectivity index (χ0) is 16.0. The lowest BCUT2D eigenvalue weighted by Gasteiger charge is -2.05. The van der Waals surface area contributed by atoms with Gasteiger partial charge in [-0.2, -0.15) is 8.42 Å². The Bertz CT molecular complexity index is 356. The smallest absolute Gasteiger partial charge is 0.356 e. The normalized spacial score (nSPS) is 11.5. The number of amides is 1. The third-order valence-corrected chi connectivity index (χ3v) is 3.60. The molecule has 0 fully saturated rings. The minimum Gasteiger partial charge on any atom is -0.356 e. The monoisotopic (exact) mass is 323 g/mol. The summed E-state index contributed by atoms with van der Waals surface area (Å²) in [5.74, 6) is -0.114. The highest BCUT2D eigenvalue weighted by Gasteiger charge is 2.05. The van der Waals surface area contributed by atoms with Gasteiger partial charge in [0, 0.05) is 13.0 Å². The van der Waals surface area contributed by atoms with Gasteiger partial charge in [0.25, 0.3) is 0 Å². The second kappa shape index (κ2) is 13.0. The van der Waals surface area contributed by atoms with E-state index in [9.17, 15) is 13.2 Å². The van der Waals surface area contributed by atoms with Gasteiger partial charge < -0.3 is 5.32 Å². The van der Waals surface area contributed by atoms with Crippen molar-refractivity contribution in [3.8, 4) is 0 Å². The summed E-state index contributed by atoms with van der Waals surface area (Å²) >= 11 is 0. The fourth-order valence-corrected chi connectivity index (χ4v) is 2.30. The van der Waals surface area contributed by atoms with Crippen LogP contribution >= 0.6 is 0 Å². The number of rotatable bonds is 14. The Morgan fingerprint density at radius 2 is 1.57 bits per heavy atom. The molecule has 2 N–H and O–H groups in total. The van der Waals surface area contributed by atoms with Gasteiger partial charge in [-0.15, -0.1) is 0 Å². The largest absolute Gasteiger partial charge is 0.397 e. The molecule has 126 valence electrons. The molecule has 0 aliphatic carbocycles. The molecule has 0 aliphatic heterocycles. The van der Waals surface area contributed by atoms with E-state index in [-0.39, 0.29) is 25.4 Å². The zero-order valence-corrected chi connectivity index (χ0v) is 13.8. The summed E-state index contributed by atoms with van der Waals surface area (Å²) in [6.45, 7) is 2.69. The highest BCUT2D eigenvalue weighted by atomic mass is 32.3. The Morgan fingerprint density at radius 1 is 1.00 bits per heavy atom. The van der Waals surface area contributed by atoms with Crippen molar-refractivity contribution in [2.24, 2.45) is 0 Å². The molecule has 6 nitrogen and oxygen atoms in total. The second-order valence-corrected chi connectivity index (χ2v) is 6.27. The predicted molar refractivity (Wildman–Crippen MR) is 82.4 cm³/mol. The molecule has 0 aromatic carbocycles. The number of hydrogen-bond donors (Lipinski definition) is 2.